The third kappa shape index (κ3) is 9.32. The van der Waals surface area contributed by atoms with Crippen LogP contribution in [0.3, 0.4) is 0 Å². The molecule has 0 radical (unpaired) electrons. The molecular formula is C25H45IN6O. The van der Waals surface area contributed by atoms with Crippen LogP contribution in [-0.4, -0.2) is 99.3 Å². The number of nitrogens with zero attached hydrogens (tertiary/aromatic N) is 4. The first-order valence-electron chi connectivity index (χ1n) is 12.4. The molecule has 0 saturated carbocycles. The van der Waals surface area contributed by atoms with Crippen molar-refractivity contribution in [2.45, 2.75) is 39.9 Å². The zero-order valence-electron chi connectivity index (χ0n) is 21.1. The molecule has 8 heteroatoms. The molecule has 188 valence electrons. The number of halogens is 1. The number of ether oxygens (including phenoxy) is 1. The molecule has 0 aromatic heterocycles. The molecule has 2 aliphatic rings. The number of morpholine rings is 1. The zero-order valence-corrected chi connectivity index (χ0v) is 23.4. The Balaban J connectivity index is 0.00000385. The molecule has 1 aromatic rings. The van der Waals surface area contributed by atoms with Crippen LogP contribution in [0, 0.1) is 5.92 Å². The molecule has 2 aliphatic heterocycles. The van der Waals surface area contributed by atoms with Gasteiger partial charge in [0.05, 0.1) is 19.8 Å². The first-order valence-corrected chi connectivity index (χ1v) is 12.4. The highest BCUT2D eigenvalue weighted by Gasteiger charge is 2.25. The van der Waals surface area contributed by atoms with Crippen molar-refractivity contribution >= 4 is 29.9 Å². The van der Waals surface area contributed by atoms with Gasteiger partial charge in [-0.2, -0.15) is 0 Å². The number of rotatable bonds is 9. The maximum absolute atomic E-state index is 5.50. The molecule has 0 bridgehead atoms. The van der Waals surface area contributed by atoms with Gasteiger partial charge in [0.1, 0.15) is 0 Å². The van der Waals surface area contributed by atoms with Crippen LogP contribution in [0.4, 0.5) is 0 Å². The Morgan fingerprint density at radius 3 is 2.30 bits per heavy atom. The number of hydrogen-bond donors (Lipinski definition) is 2. The van der Waals surface area contributed by atoms with Crippen molar-refractivity contribution in [1.29, 1.82) is 0 Å². The maximum Gasteiger partial charge on any atom is 0.191 e. The van der Waals surface area contributed by atoms with Gasteiger partial charge in [-0.3, -0.25) is 9.80 Å². The van der Waals surface area contributed by atoms with Crippen molar-refractivity contribution in [3.8, 4) is 0 Å². The van der Waals surface area contributed by atoms with Gasteiger partial charge in [-0.15, -0.1) is 24.0 Å². The summed E-state index contributed by atoms with van der Waals surface area (Å²) >= 11 is 0. The van der Waals surface area contributed by atoms with Gasteiger partial charge < -0.3 is 20.3 Å². The summed E-state index contributed by atoms with van der Waals surface area (Å²) in [6.07, 6.45) is 0. The van der Waals surface area contributed by atoms with Gasteiger partial charge in [0.25, 0.3) is 0 Å². The number of piperazine rings is 1. The lowest BCUT2D eigenvalue weighted by Crippen LogP contribution is -2.55. The van der Waals surface area contributed by atoms with Crippen molar-refractivity contribution in [1.82, 2.24) is 25.3 Å². The number of guanidine groups is 1. The quantitative estimate of drug-likeness (QED) is 0.270. The van der Waals surface area contributed by atoms with Crippen molar-refractivity contribution in [3.05, 3.63) is 35.4 Å². The van der Waals surface area contributed by atoms with E-state index in [0.29, 0.717) is 18.5 Å². The number of aliphatic imine (C=N–C) groups is 1. The summed E-state index contributed by atoms with van der Waals surface area (Å²) in [7, 11) is 2.22. The Morgan fingerprint density at radius 2 is 1.67 bits per heavy atom. The van der Waals surface area contributed by atoms with Gasteiger partial charge in [-0.25, -0.2) is 4.99 Å². The molecule has 0 spiro atoms. The third-order valence-corrected chi connectivity index (χ3v) is 6.62. The summed E-state index contributed by atoms with van der Waals surface area (Å²) in [4.78, 5) is 12.5. The van der Waals surface area contributed by atoms with Gasteiger partial charge in [0.2, 0.25) is 0 Å². The summed E-state index contributed by atoms with van der Waals surface area (Å²) in [5.74, 6) is 1.51. The van der Waals surface area contributed by atoms with Crippen LogP contribution in [0.2, 0.25) is 0 Å². The number of benzene rings is 1. The SMILES string of the molecule is CCNC(=NCc1ccccc1CN1CCOCC1)NCC(C(C)C)N1CCN(C)CC1.I. The monoisotopic (exact) mass is 572 g/mol. The second-order valence-corrected chi connectivity index (χ2v) is 9.38. The highest BCUT2D eigenvalue weighted by molar-refractivity contribution is 14.0. The van der Waals surface area contributed by atoms with E-state index < -0.39 is 0 Å². The van der Waals surface area contributed by atoms with Crippen LogP contribution >= 0.6 is 24.0 Å². The fraction of sp³-hybridized carbons (Fsp3) is 0.720. The van der Waals surface area contributed by atoms with E-state index in [2.05, 4.69) is 77.4 Å². The molecule has 1 unspecified atom stereocenters. The summed E-state index contributed by atoms with van der Waals surface area (Å²) < 4.78 is 5.50. The van der Waals surface area contributed by atoms with Crippen LogP contribution in [-0.2, 0) is 17.8 Å². The van der Waals surface area contributed by atoms with E-state index in [1.165, 1.54) is 11.1 Å². The van der Waals surface area contributed by atoms with E-state index in [1.54, 1.807) is 0 Å². The Kier molecular flexibility index (Phi) is 13.0. The molecule has 33 heavy (non-hydrogen) atoms. The summed E-state index contributed by atoms with van der Waals surface area (Å²) in [5, 5.41) is 7.08. The summed E-state index contributed by atoms with van der Waals surface area (Å²) in [6.45, 7) is 18.5. The lowest BCUT2D eigenvalue weighted by atomic mass is 10.0. The molecule has 2 fully saturated rings. The number of hydrogen-bond acceptors (Lipinski definition) is 5. The van der Waals surface area contributed by atoms with Crippen molar-refractivity contribution < 1.29 is 4.74 Å². The Morgan fingerprint density at radius 1 is 1.00 bits per heavy atom. The van der Waals surface area contributed by atoms with Gasteiger partial charge >= 0.3 is 0 Å². The van der Waals surface area contributed by atoms with Gasteiger partial charge in [-0.05, 0) is 31.0 Å². The van der Waals surface area contributed by atoms with Gasteiger partial charge in [0, 0.05) is 64.9 Å². The van der Waals surface area contributed by atoms with Gasteiger partial charge in [0.15, 0.2) is 5.96 Å². The second-order valence-electron chi connectivity index (χ2n) is 9.38. The predicted octanol–water partition coefficient (Wildman–Crippen LogP) is 2.46. The molecule has 2 heterocycles. The molecule has 1 atom stereocenters. The zero-order chi connectivity index (χ0) is 22.8. The Labute approximate surface area is 218 Å². The van der Waals surface area contributed by atoms with Crippen molar-refractivity contribution in [2.75, 3.05) is 72.6 Å². The normalized spacial score (nSPS) is 19.8. The molecule has 0 aliphatic carbocycles. The van der Waals surface area contributed by atoms with Crippen LogP contribution in [0.15, 0.2) is 29.3 Å². The van der Waals surface area contributed by atoms with Crippen LogP contribution in [0.1, 0.15) is 31.9 Å². The average Bonchev–Trinajstić information content (AvgIpc) is 2.80. The van der Waals surface area contributed by atoms with Crippen LogP contribution in [0.25, 0.3) is 0 Å². The third-order valence-electron chi connectivity index (χ3n) is 6.62. The first kappa shape index (κ1) is 28.3. The Hall–Kier alpha value is -0.940. The number of nitrogens with one attached hydrogen (secondary N) is 2. The molecule has 2 N–H and O–H groups in total. The standard InChI is InChI=1S/C25H44N6O.HI/c1-5-26-25(28-19-24(21(2)3)31-12-10-29(4)11-13-31)27-18-22-8-6-7-9-23(22)20-30-14-16-32-17-15-30;/h6-9,21,24H,5,10-20H2,1-4H3,(H2,26,27,28);1H. The maximum atomic E-state index is 5.50. The van der Waals surface area contributed by atoms with Crippen LogP contribution in [0.5, 0.6) is 0 Å². The average molecular weight is 573 g/mol. The topological polar surface area (TPSA) is 55.4 Å². The Bertz CT molecular complexity index is 702. The van der Waals surface area contributed by atoms with E-state index in [0.717, 1.165) is 78.1 Å². The lowest BCUT2D eigenvalue weighted by Gasteiger charge is -2.40. The number of likely N-dealkylation sites (N-methyl/N-ethyl adjacent to an activating group) is 1. The lowest BCUT2D eigenvalue weighted by molar-refractivity contribution is 0.0341. The molecule has 7 nitrogen and oxygen atoms in total. The summed E-state index contributed by atoms with van der Waals surface area (Å²) in [5.41, 5.74) is 2.67. The molecular weight excluding hydrogens is 527 g/mol. The minimum Gasteiger partial charge on any atom is -0.379 e. The largest absolute Gasteiger partial charge is 0.379 e. The van der Waals surface area contributed by atoms with Crippen LogP contribution < -0.4 is 10.6 Å². The molecule has 3 rings (SSSR count). The fourth-order valence-corrected chi connectivity index (χ4v) is 4.51. The smallest absolute Gasteiger partial charge is 0.191 e. The van der Waals surface area contributed by atoms with Crippen molar-refractivity contribution in [2.24, 2.45) is 10.9 Å². The van der Waals surface area contributed by atoms with Crippen molar-refractivity contribution in [3.63, 3.8) is 0 Å². The highest BCUT2D eigenvalue weighted by Crippen LogP contribution is 2.15. The second kappa shape index (κ2) is 15.1. The minimum atomic E-state index is 0. The summed E-state index contributed by atoms with van der Waals surface area (Å²) in [6, 6.07) is 9.22. The molecule has 0 amide bonds. The minimum absolute atomic E-state index is 0. The first-order chi connectivity index (χ1) is 15.6. The predicted molar refractivity (Wildman–Crippen MR) is 148 cm³/mol. The molecule has 2 saturated heterocycles. The molecule has 1 aromatic carbocycles. The highest BCUT2D eigenvalue weighted by atomic mass is 127. The van der Waals surface area contributed by atoms with E-state index in [4.69, 9.17) is 9.73 Å². The van der Waals surface area contributed by atoms with E-state index in [-0.39, 0.29) is 24.0 Å². The van der Waals surface area contributed by atoms with E-state index in [9.17, 15) is 0 Å². The fourth-order valence-electron chi connectivity index (χ4n) is 4.51. The van der Waals surface area contributed by atoms with Gasteiger partial charge in [-0.1, -0.05) is 38.1 Å². The van der Waals surface area contributed by atoms with E-state index >= 15 is 0 Å². The van der Waals surface area contributed by atoms with E-state index in [1.807, 2.05) is 0 Å².